The molecule has 4 nitrogen and oxygen atoms in total. The van der Waals surface area contributed by atoms with Crippen LogP contribution in [0.25, 0.3) is 0 Å². The molecule has 2 rings (SSSR count). The van der Waals surface area contributed by atoms with Crippen molar-refractivity contribution >= 4 is 27.8 Å². The van der Waals surface area contributed by atoms with Gasteiger partial charge >= 0.3 is 0 Å². The zero-order chi connectivity index (χ0) is 14.6. The highest BCUT2D eigenvalue weighted by Gasteiger charge is 2.11. The zero-order valence-corrected chi connectivity index (χ0v) is 11.7. The molecule has 2 aromatic carbocycles. The van der Waals surface area contributed by atoms with E-state index in [0.717, 1.165) is 0 Å². The second-order valence-electron chi connectivity index (χ2n) is 3.86. The van der Waals surface area contributed by atoms with Crippen LogP contribution in [0.1, 0.15) is 5.56 Å². The third kappa shape index (κ3) is 3.79. The number of hydrogen-bond acceptors (Lipinski definition) is 3. The van der Waals surface area contributed by atoms with E-state index in [4.69, 9.17) is 11.6 Å². The summed E-state index contributed by atoms with van der Waals surface area (Å²) in [5, 5.41) is 4.03. The minimum absolute atomic E-state index is 0.0401. The highest BCUT2D eigenvalue weighted by molar-refractivity contribution is 7.89. The SMILES string of the molecule is O=S(=O)(NN=Cc1cccc(F)c1)c1ccc(Cl)cc1. The normalized spacial score (nSPS) is 11.7. The van der Waals surface area contributed by atoms with Crippen molar-refractivity contribution in [2.45, 2.75) is 4.90 Å². The third-order valence-electron chi connectivity index (χ3n) is 2.36. The predicted octanol–water partition coefficient (Wildman–Crippen LogP) is 2.79. The second kappa shape index (κ2) is 6.02. The Labute approximate surface area is 120 Å². The summed E-state index contributed by atoms with van der Waals surface area (Å²) in [4.78, 5) is 2.08. The number of sulfonamides is 1. The number of nitrogens with one attached hydrogen (secondary N) is 1. The fourth-order valence-corrected chi connectivity index (χ4v) is 2.34. The van der Waals surface area contributed by atoms with Crippen molar-refractivity contribution in [3.05, 3.63) is 64.9 Å². The van der Waals surface area contributed by atoms with Crippen LogP contribution < -0.4 is 4.83 Å². The van der Waals surface area contributed by atoms with E-state index in [-0.39, 0.29) is 4.90 Å². The first kappa shape index (κ1) is 14.5. The van der Waals surface area contributed by atoms with Crippen LogP contribution in [0, 0.1) is 5.82 Å². The van der Waals surface area contributed by atoms with Crippen molar-refractivity contribution in [3.63, 3.8) is 0 Å². The quantitative estimate of drug-likeness (QED) is 0.697. The molecule has 20 heavy (non-hydrogen) atoms. The number of benzene rings is 2. The van der Waals surface area contributed by atoms with Crippen LogP contribution in [0.4, 0.5) is 4.39 Å². The van der Waals surface area contributed by atoms with Crippen molar-refractivity contribution in [2.75, 3.05) is 0 Å². The van der Waals surface area contributed by atoms with Gasteiger partial charge in [-0.25, -0.2) is 9.22 Å². The molecule has 0 fully saturated rings. The Morgan fingerprint density at radius 3 is 2.50 bits per heavy atom. The Kier molecular flexibility index (Phi) is 4.36. The molecule has 0 saturated carbocycles. The van der Waals surface area contributed by atoms with Gasteiger partial charge in [-0.15, -0.1) is 0 Å². The lowest BCUT2D eigenvalue weighted by atomic mass is 10.2. The van der Waals surface area contributed by atoms with Crippen LogP contribution in [0.5, 0.6) is 0 Å². The van der Waals surface area contributed by atoms with Crippen molar-refractivity contribution < 1.29 is 12.8 Å². The molecule has 0 amide bonds. The minimum atomic E-state index is -3.76. The summed E-state index contributed by atoms with van der Waals surface area (Å²) >= 11 is 5.68. The van der Waals surface area contributed by atoms with E-state index < -0.39 is 15.8 Å². The van der Waals surface area contributed by atoms with Crippen molar-refractivity contribution in [1.82, 2.24) is 4.83 Å². The number of hydrogen-bond donors (Lipinski definition) is 1. The largest absolute Gasteiger partial charge is 0.276 e. The molecule has 1 N–H and O–H groups in total. The van der Waals surface area contributed by atoms with Crippen molar-refractivity contribution in [2.24, 2.45) is 5.10 Å². The van der Waals surface area contributed by atoms with Gasteiger partial charge < -0.3 is 0 Å². The average molecular weight is 313 g/mol. The van der Waals surface area contributed by atoms with Gasteiger partial charge in [0, 0.05) is 5.02 Å². The summed E-state index contributed by atoms with van der Waals surface area (Å²) in [6, 6.07) is 11.3. The Balaban J connectivity index is 2.11. The van der Waals surface area contributed by atoms with Gasteiger partial charge in [-0.05, 0) is 42.0 Å². The topological polar surface area (TPSA) is 58.5 Å². The van der Waals surface area contributed by atoms with E-state index in [0.29, 0.717) is 10.6 Å². The van der Waals surface area contributed by atoms with Crippen LogP contribution in [0.15, 0.2) is 58.5 Å². The number of hydrazone groups is 1. The molecule has 0 heterocycles. The predicted molar refractivity (Wildman–Crippen MR) is 75.8 cm³/mol. The van der Waals surface area contributed by atoms with E-state index in [1.54, 1.807) is 6.07 Å². The molecule has 0 saturated heterocycles. The van der Waals surface area contributed by atoms with Crippen LogP contribution in [-0.2, 0) is 10.0 Å². The minimum Gasteiger partial charge on any atom is -0.207 e. The first-order chi connectivity index (χ1) is 9.47. The van der Waals surface area contributed by atoms with E-state index in [9.17, 15) is 12.8 Å². The van der Waals surface area contributed by atoms with Crippen molar-refractivity contribution in [1.29, 1.82) is 0 Å². The molecule has 0 aromatic heterocycles. The summed E-state index contributed by atoms with van der Waals surface area (Å²) in [6.45, 7) is 0. The van der Waals surface area contributed by atoms with Crippen LogP contribution in [0.3, 0.4) is 0 Å². The Morgan fingerprint density at radius 1 is 1.15 bits per heavy atom. The highest BCUT2D eigenvalue weighted by Crippen LogP contribution is 2.13. The monoisotopic (exact) mass is 312 g/mol. The summed E-state index contributed by atoms with van der Waals surface area (Å²) in [5.41, 5.74) is 0.448. The maximum absolute atomic E-state index is 12.9. The average Bonchev–Trinajstić information content (AvgIpc) is 2.39. The lowest BCUT2D eigenvalue weighted by molar-refractivity contribution is 0.584. The van der Waals surface area contributed by atoms with E-state index in [1.807, 2.05) is 4.83 Å². The van der Waals surface area contributed by atoms with E-state index in [2.05, 4.69) is 5.10 Å². The summed E-state index contributed by atoms with van der Waals surface area (Å²) in [5.74, 6) is -0.422. The van der Waals surface area contributed by atoms with Crippen LogP contribution in [0.2, 0.25) is 5.02 Å². The van der Waals surface area contributed by atoms with Gasteiger partial charge in [0.2, 0.25) is 0 Å². The molecule has 0 aliphatic rings. The molecule has 0 atom stereocenters. The molecule has 0 bridgehead atoms. The lowest BCUT2D eigenvalue weighted by Crippen LogP contribution is -2.18. The molecule has 7 heteroatoms. The summed E-state index contributed by atoms with van der Waals surface area (Å²) < 4.78 is 36.6. The van der Waals surface area contributed by atoms with Gasteiger partial charge in [-0.2, -0.15) is 13.5 Å². The van der Waals surface area contributed by atoms with Gasteiger partial charge in [0.1, 0.15) is 5.82 Å². The first-order valence-corrected chi connectivity index (χ1v) is 7.39. The molecular weight excluding hydrogens is 303 g/mol. The summed E-state index contributed by atoms with van der Waals surface area (Å²) in [6.07, 6.45) is 1.22. The zero-order valence-electron chi connectivity index (χ0n) is 10.1. The Bertz CT molecular complexity index is 730. The van der Waals surface area contributed by atoms with E-state index in [1.165, 1.54) is 48.7 Å². The molecular formula is C13H10ClFN2O2S. The number of halogens is 2. The van der Waals surface area contributed by atoms with Gasteiger partial charge in [0.15, 0.2) is 0 Å². The smallest absolute Gasteiger partial charge is 0.207 e. The number of nitrogens with zero attached hydrogens (tertiary/aromatic N) is 1. The number of rotatable bonds is 4. The van der Waals surface area contributed by atoms with Crippen molar-refractivity contribution in [3.8, 4) is 0 Å². The Hall–Kier alpha value is -1.92. The lowest BCUT2D eigenvalue weighted by Gasteiger charge is -2.03. The van der Waals surface area contributed by atoms with Gasteiger partial charge in [-0.3, -0.25) is 0 Å². The third-order valence-corrected chi connectivity index (χ3v) is 3.85. The maximum Gasteiger partial charge on any atom is 0.276 e. The standard InChI is InChI=1S/C13H10ClFN2O2S/c14-11-4-6-13(7-5-11)20(18,19)17-16-9-10-2-1-3-12(15)8-10/h1-9,17H. The second-order valence-corrected chi connectivity index (χ2v) is 5.96. The molecule has 2 aromatic rings. The van der Waals surface area contributed by atoms with E-state index >= 15 is 0 Å². The van der Waals surface area contributed by atoms with Gasteiger partial charge in [-0.1, -0.05) is 23.7 Å². The first-order valence-electron chi connectivity index (χ1n) is 5.53. The summed E-state index contributed by atoms with van der Waals surface area (Å²) in [7, 11) is -3.76. The highest BCUT2D eigenvalue weighted by atomic mass is 35.5. The molecule has 0 unspecified atom stereocenters. The maximum atomic E-state index is 12.9. The molecule has 104 valence electrons. The van der Waals surface area contributed by atoms with Crippen LogP contribution >= 0.6 is 11.6 Å². The molecule has 0 aliphatic carbocycles. The Morgan fingerprint density at radius 2 is 1.85 bits per heavy atom. The van der Waals surface area contributed by atoms with Gasteiger partial charge in [0.05, 0.1) is 11.1 Å². The fraction of sp³-hybridized carbons (Fsp3) is 0. The fourth-order valence-electron chi connectivity index (χ4n) is 1.42. The molecule has 0 radical (unpaired) electrons. The van der Waals surface area contributed by atoms with Gasteiger partial charge in [0.25, 0.3) is 10.0 Å². The molecule has 0 aliphatic heterocycles. The molecule has 0 spiro atoms. The van der Waals surface area contributed by atoms with Crippen LogP contribution in [-0.4, -0.2) is 14.6 Å².